The fourth-order valence-electron chi connectivity index (χ4n) is 2.73. The number of nitrogens with one attached hydrogen (secondary N) is 1. The number of sulfone groups is 1. The van der Waals surface area contributed by atoms with E-state index in [0.717, 1.165) is 12.0 Å². The van der Waals surface area contributed by atoms with Crippen molar-refractivity contribution in [3.8, 4) is 0 Å². The molecule has 128 valence electrons. The highest BCUT2D eigenvalue weighted by atomic mass is 32.2. The summed E-state index contributed by atoms with van der Waals surface area (Å²) < 4.78 is 28.6. The largest absolute Gasteiger partial charge is 0.385 e. The predicted molar refractivity (Wildman–Crippen MR) is 96.1 cm³/mol. The van der Waals surface area contributed by atoms with Crippen LogP contribution in [-0.2, 0) is 21.1 Å². The summed E-state index contributed by atoms with van der Waals surface area (Å²) in [5, 5.41) is 3.87. The summed E-state index contributed by atoms with van der Waals surface area (Å²) in [6, 6.07) is 9.98. The maximum absolute atomic E-state index is 11.8. The van der Waals surface area contributed by atoms with Crippen LogP contribution < -0.4 is 5.32 Å². The lowest BCUT2D eigenvalue weighted by Gasteiger charge is -2.31. The van der Waals surface area contributed by atoms with Crippen LogP contribution in [0.5, 0.6) is 0 Å². The van der Waals surface area contributed by atoms with Crippen molar-refractivity contribution in [2.75, 3.05) is 31.8 Å². The number of ether oxygens (including phenoxy) is 1. The Labute approximate surface area is 143 Å². The quantitative estimate of drug-likeness (QED) is 0.591. The molecular weight excluding hydrogens is 332 g/mol. The second-order valence-corrected chi connectivity index (χ2v) is 8.36. The molecule has 0 radical (unpaired) electrons. The van der Waals surface area contributed by atoms with Gasteiger partial charge in [-0.2, -0.15) is 0 Å². The molecule has 0 unspecified atom stereocenters. The van der Waals surface area contributed by atoms with Crippen molar-refractivity contribution in [3.63, 3.8) is 0 Å². The fourth-order valence-corrected chi connectivity index (χ4v) is 4.77. The van der Waals surface area contributed by atoms with Crippen LogP contribution in [0.3, 0.4) is 0 Å². The first-order chi connectivity index (χ1) is 11.0. The molecule has 0 saturated carbocycles. The average molecular weight is 357 g/mol. The molecule has 1 aromatic rings. The minimum atomic E-state index is -2.93. The van der Waals surface area contributed by atoms with Crippen molar-refractivity contribution < 1.29 is 13.2 Å². The van der Waals surface area contributed by atoms with Gasteiger partial charge in [0, 0.05) is 32.8 Å². The number of thiocarbonyl (C=S) groups is 1. The van der Waals surface area contributed by atoms with Crippen molar-refractivity contribution in [2.24, 2.45) is 0 Å². The normalized spacial score (nSPS) is 19.4. The molecule has 1 N–H and O–H groups in total. The Morgan fingerprint density at radius 3 is 2.74 bits per heavy atom. The Hall–Kier alpha value is -1.18. The number of rotatable bonds is 7. The van der Waals surface area contributed by atoms with E-state index in [0.29, 0.717) is 31.2 Å². The van der Waals surface area contributed by atoms with Crippen LogP contribution in [0, 0.1) is 0 Å². The van der Waals surface area contributed by atoms with Crippen LogP contribution in [0.15, 0.2) is 30.3 Å². The van der Waals surface area contributed by atoms with Crippen LogP contribution in [0.2, 0.25) is 0 Å². The number of hydrogen-bond acceptors (Lipinski definition) is 4. The standard InChI is InChI=1S/C16H24N2O3S2/c1-21-10-5-9-18(15-8-11-23(19,20)13-15)16(22)17-12-14-6-3-2-4-7-14/h2-4,6-7,15H,5,8-13H2,1H3,(H,17,22)/t15-/m1/s1. The monoisotopic (exact) mass is 356 g/mol. The Morgan fingerprint density at radius 1 is 1.39 bits per heavy atom. The van der Waals surface area contributed by atoms with Gasteiger partial charge in [-0.15, -0.1) is 0 Å². The molecule has 0 amide bonds. The molecule has 0 bridgehead atoms. The Bertz CT molecular complexity index is 605. The summed E-state index contributed by atoms with van der Waals surface area (Å²) in [5.74, 6) is 0.437. The summed E-state index contributed by atoms with van der Waals surface area (Å²) in [5.41, 5.74) is 1.14. The molecule has 2 rings (SSSR count). The van der Waals surface area contributed by atoms with Gasteiger partial charge in [-0.25, -0.2) is 8.42 Å². The molecule has 1 saturated heterocycles. The van der Waals surface area contributed by atoms with E-state index in [-0.39, 0.29) is 17.5 Å². The average Bonchev–Trinajstić information content (AvgIpc) is 2.90. The van der Waals surface area contributed by atoms with Gasteiger partial charge in [0.2, 0.25) is 0 Å². The molecule has 1 aromatic carbocycles. The highest BCUT2D eigenvalue weighted by molar-refractivity contribution is 7.91. The highest BCUT2D eigenvalue weighted by Gasteiger charge is 2.33. The minimum Gasteiger partial charge on any atom is -0.385 e. The Balaban J connectivity index is 1.96. The van der Waals surface area contributed by atoms with E-state index < -0.39 is 9.84 Å². The molecule has 1 heterocycles. The topological polar surface area (TPSA) is 58.6 Å². The van der Waals surface area contributed by atoms with Gasteiger partial charge in [0.1, 0.15) is 0 Å². The van der Waals surface area contributed by atoms with Crippen molar-refractivity contribution >= 4 is 27.2 Å². The van der Waals surface area contributed by atoms with E-state index in [4.69, 9.17) is 17.0 Å². The third-order valence-corrected chi connectivity index (χ3v) is 6.07. The third kappa shape index (κ3) is 5.75. The first-order valence-corrected chi connectivity index (χ1v) is 10.0. The van der Waals surface area contributed by atoms with Crippen LogP contribution in [0.1, 0.15) is 18.4 Å². The van der Waals surface area contributed by atoms with Crippen LogP contribution >= 0.6 is 12.2 Å². The van der Waals surface area contributed by atoms with E-state index in [2.05, 4.69) is 5.32 Å². The number of benzene rings is 1. The zero-order valence-corrected chi connectivity index (χ0v) is 15.0. The van der Waals surface area contributed by atoms with Crippen molar-refractivity contribution in [2.45, 2.75) is 25.4 Å². The zero-order valence-electron chi connectivity index (χ0n) is 13.4. The molecule has 5 nitrogen and oxygen atoms in total. The van der Waals surface area contributed by atoms with Gasteiger partial charge >= 0.3 is 0 Å². The van der Waals surface area contributed by atoms with Crippen LogP contribution in [-0.4, -0.2) is 56.2 Å². The molecule has 7 heteroatoms. The first kappa shape index (κ1) is 18.2. The van der Waals surface area contributed by atoms with Gasteiger partial charge in [-0.1, -0.05) is 30.3 Å². The molecular formula is C16H24N2O3S2. The van der Waals surface area contributed by atoms with Crippen LogP contribution in [0.25, 0.3) is 0 Å². The number of methoxy groups -OCH3 is 1. The van der Waals surface area contributed by atoms with E-state index in [1.54, 1.807) is 7.11 Å². The van der Waals surface area contributed by atoms with Crippen molar-refractivity contribution in [1.82, 2.24) is 10.2 Å². The van der Waals surface area contributed by atoms with Crippen molar-refractivity contribution in [1.29, 1.82) is 0 Å². The summed E-state index contributed by atoms with van der Waals surface area (Å²) in [6.07, 6.45) is 1.46. The lowest BCUT2D eigenvalue weighted by molar-refractivity contribution is 0.181. The zero-order chi connectivity index (χ0) is 16.7. The maximum Gasteiger partial charge on any atom is 0.169 e. The van der Waals surface area contributed by atoms with Gasteiger partial charge in [-0.05, 0) is 30.6 Å². The number of nitrogens with zero attached hydrogens (tertiary/aromatic N) is 1. The molecule has 1 aliphatic heterocycles. The smallest absolute Gasteiger partial charge is 0.169 e. The SMILES string of the molecule is COCCCN(C(=S)NCc1ccccc1)[C@@H]1CCS(=O)(=O)C1. The summed E-state index contributed by atoms with van der Waals surface area (Å²) in [6.45, 7) is 1.98. The Kier molecular flexibility index (Phi) is 6.80. The van der Waals surface area contributed by atoms with Gasteiger partial charge in [0.15, 0.2) is 14.9 Å². The van der Waals surface area contributed by atoms with Crippen LogP contribution in [0.4, 0.5) is 0 Å². The molecule has 0 aromatic heterocycles. The molecule has 23 heavy (non-hydrogen) atoms. The van der Waals surface area contributed by atoms with Gasteiger partial charge in [0.25, 0.3) is 0 Å². The highest BCUT2D eigenvalue weighted by Crippen LogP contribution is 2.18. The molecule has 0 spiro atoms. The Morgan fingerprint density at radius 2 is 2.13 bits per heavy atom. The second kappa shape index (κ2) is 8.61. The van der Waals surface area contributed by atoms with E-state index in [9.17, 15) is 8.42 Å². The lowest BCUT2D eigenvalue weighted by atomic mass is 10.2. The van der Waals surface area contributed by atoms with Gasteiger partial charge < -0.3 is 15.0 Å². The fraction of sp³-hybridized carbons (Fsp3) is 0.562. The summed E-state index contributed by atoms with van der Waals surface area (Å²) in [4.78, 5) is 2.02. The summed E-state index contributed by atoms with van der Waals surface area (Å²) >= 11 is 5.51. The van der Waals surface area contributed by atoms with Gasteiger partial charge in [-0.3, -0.25) is 0 Å². The van der Waals surface area contributed by atoms with E-state index in [1.807, 2.05) is 35.2 Å². The van der Waals surface area contributed by atoms with Gasteiger partial charge in [0.05, 0.1) is 11.5 Å². The first-order valence-electron chi connectivity index (χ1n) is 7.79. The van der Waals surface area contributed by atoms with E-state index in [1.165, 1.54) is 0 Å². The third-order valence-electron chi connectivity index (χ3n) is 3.94. The molecule has 1 aliphatic rings. The molecule has 1 fully saturated rings. The minimum absolute atomic E-state index is 0.0346. The molecule has 0 aliphatic carbocycles. The second-order valence-electron chi connectivity index (χ2n) is 5.74. The maximum atomic E-state index is 11.8. The summed E-state index contributed by atoms with van der Waals surface area (Å²) in [7, 11) is -1.27. The van der Waals surface area contributed by atoms with E-state index >= 15 is 0 Å². The molecule has 1 atom stereocenters. The van der Waals surface area contributed by atoms with Crippen molar-refractivity contribution in [3.05, 3.63) is 35.9 Å². The predicted octanol–water partition coefficient (Wildman–Crippen LogP) is 1.59. The number of hydrogen-bond donors (Lipinski definition) is 1. The lowest BCUT2D eigenvalue weighted by Crippen LogP contribution is -2.47.